The predicted molar refractivity (Wildman–Crippen MR) is 55.4 cm³/mol. The summed E-state index contributed by atoms with van der Waals surface area (Å²) in [7, 11) is 0. The average molecular weight is 207 g/mol. The summed E-state index contributed by atoms with van der Waals surface area (Å²) < 4.78 is 1.99. The predicted octanol–water partition coefficient (Wildman–Crippen LogP) is 1.76. The zero-order valence-electron chi connectivity index (χ0n) is 8.89. The van der Waals surface area contributed by atoms with Gasteiger partial charge in [0.25, 0.3) is 0 Å². The molecule has 1 aromatic heterocycles. The lowest BCUT2D eigenvalue weighted by Crippen LogP contribution is -2.20. The molecule has 3 rings (SSSR count). The van der Waals surface area contributed by atoms with Crippen molar-refractivity contribution < 1.29 is 5.11 Å². The fraction of sp³-hybridized carbons (Fsp3) is 0.818. The molecule has 1 N–H and O–H groups in total. The van der Waals surface area contributed by atoms with Crippen LogP contribution in [0.2, 0.25) is 0 Å². The molecule has 2 heterocycles. The fourth-order valence-electron chi connectivity index (χ4n) is 2.87. The lowest BCUT2D eigenvalue weighted by molar-refractivity contribution is 0.0737. The number of rotatable bonds is 1. The molecule has 1 aromatic rings. The van der Waals surface area contributed by atoms with Gasteiger partial charge in [-0.05, 0) is 25.7 Å². The Labute approximate surface area is 89.3 Å². The second-order valence-corrected chi connectivity index (χ2v) is 4.70. The molecule has 0 aromatic carbocycles. The minimum absolute atomic E-state index is 0.376. The Morgan fingerprint density at radius 2 is 1.87 bits per heavy atom. The van der Waals surface area contributed by atoms with Crippen LogP contribution < -0.4 is 0 Å². The van der Waals surface area contributed by atoms with E-state index < -0.39 is 0 Å². The van der Waals surface area contributed by atoms with Crippen molar-refractivity contribution in [2.24, 2.45) is 0 Å². The van der Waals surface area contributed by atoms with Gasteiger partial charge in [0.1, 0.15) is 17.9 Å². The van der Waals surface area contributed by atoms with Gasteiger partial charge in [-0.2, -0.15) is 0 Å². The van der Waals surface area contributed by atoms with E-state index in [1.54, 1.807) is 0 Å². The topological polar surface area (TPSA) is 50.9 Å². The Balaban J connectivity index is 1.97. The van der Waals surface area contributed by atoms with Crippen molar-refractivity contribution in [1.82, 2.24) is 14.8 Å². The van der Waals surface area contributed by atoms with E-state index in [0.717, 1.165) is 30.9 Å². The highest BCUT2D eigenvalue weighted by Gasteiger charge is 2.28. The standard InChI is InChI=1S/C11H17N3O/c15-10-7-3-6-9-12-13-11(14(9)10)8-4-1-2-5-8/h8,10,15H,1-7H2. The molecule has 1 aliphatic heterocycles. The maximum Gasteiger partial charge on any atom is 0.138 e. The molecule has 0 spiro atoms. The number of aryl methyl sites for hydroxylation is 1. The molecule has 15 heavy (non-hydrogen) atoms. The van der Waals surface area contributed by atoms with Gasteiger partial charge in [0.05, 0.1) is 0 Å². The summed E-state index contributed by atoms with van der Waals surface area (Å²) in [4.78, 5) is 0. The smallest absolute Gasteiger partial charge is 0.138 e. The van der Waals surface area contributed by atoms with E-state index in [2.05, 4.69) is 10.2 Å². The summed E-state index contributed by atoms with van der Waals surface area (Å²) in [6, 6.07) is 0. The van der Waals surface area contributed by atoms with E-state index >= 15 is 0 Å². The molecule has 0 amide bonds. The second-order valence-electron chi connectivity index (χ2n) is 4.70. The van der Waals surface area contributed by atoms with Gasteiger partial charge < -0.3 is 5.11 Å². The molecule has 82 valence electrons. The molecule has 1 aliphatic carbocycles. The van der Waals surface area contributed by atoms with Gasteiger partial charge in [0.2, 0.25) is 0 Å². The van der Waals surface area contributed by atoms with Crippen molar-refractivity contribution in [2.45, 2.75) is 57.1 Å². The molecule has 1 saturated carbocycles. The van der Waals surface area contributed by atoms with Crippen molar-refractivity contribution >= 4 is 0 Å². The lowest BCUT2D eigenvalue weighted by atomic mass is 10.1. The maximum atomic E-state index is 9.97. The van der Waals surface area contributed by atoms with E-state index in [1.165, 1.54) is 25.7 Å². The van der Waals surface area contributed by atoms with Gasteiger partial charge in [-0.1, -0.05) is 12.8 Å². The van der Waals surface area contributed by atoms with Crippen LogP contribution in [0, 0.1) is 0 Å². The zero-order chi connectivity index (χ0) is 10.3. The number of fused-ring (bicyclic) bond motifs is 1. The van der Waals surface area contributed by atoms with Crippen molar-refractivity contribution in [3.05, 3.63) is 11.6 Å². The molecule has 4 nitrogen and oxygen atoms in total. The van der Waals surface area contributed by atoms with Gasteiger partial charge in [-0.25, -0.2) is 0 Å². The van der Waals surface area contributed by atoms with Crippen molar-refractivity contribution in [3.63, 3.8) is 0 Å². The highest BCUT2D eigenvalue weighted by Crippen LogP contribution is 2.35. The molecule has 0 radical (unpaired) electrons. The summed E-state index contributed by atoms with van der Waals surface area (Å²) in [5, 5.41) is 18.5. The van der Waals surface area contributed by atoms with Crippen LogP contribution in [-0.2, 0) is 6.42 Å². The highest BCUT2D eigenvalue weighted by atomic mass is 16.3. The quantitative estimate of drug-likeness (QED) is 0.763. The molecular weight excluding hydrogens is 190 g/mol. The third-order valence-electron chi connectivity index (χ3n) is 3.67. The van der Waals surface area contributed by atoms with Crippen molar-refractivity contribution in [1.29, 1.82) is 0 Å². The van der Waals surface area contributed by atoms with Gasteiger partial charge in [-0.15, -0.1) is 10.2 Å². The Morgan fingerprint density at radius 3 is 2.67 bits per heavy atom. The van der Waals surface area contributed by atoms with Crippen LogP contribution in [0.4, 0.5) is 0 Å². The van der Waals surface area contributed by atoms with Crippen LogP contribution in [-0.4, -0.2) is 19.9 Å². The number of aliphatic hydroxyl groups is 1. The monoisotopic (exact) mass is 207 g/mol. The van der Waals surface area contributed by atoms with E-state index in [9.17, 15) is 5.11 Å². The summed E-state index contributed by atoms with van der Waals surface area (Å²) in [5.41, 5.74) is 0. The fourth-order valence-corrected chi connectivity index (χ4v) is 2.87. The first-order chi connectivity index (χ1) is 7.36. The van der Waals surface area contributed by atoms with Crippen LogP contribution in [0.15, 0.2) is 0 Å². The van der Waals surface area contributed by atoms with E-state index in [0.29, 0.717) is 5.92 Å². The van der Waals surface area contributed by atoms with Crippen LogP contribution in [0.25, 0.3) is 0 Å². The first-order valence-corrected chi connectivity index (χ1v) is 5.98. The molecule has 1 unspecified atom stereocenters. The summed E-state index contributed by atoms with van der Waals surface area (Å²) in [5.74, 6) is 2.56. The third-order valence-corrected chi connectivity index (χ3v) is 3.67. The van der Waals surface area contributed by atoms with Gasteiger partial charge in [0, 0.05) is 12.3 Å². The molecular formula is C11H17N3O. The number of hydrogen-bond acceptors (Lipinski definition) is 3. The van der Waals surface area contributed by atoms with E-state index in [1.807, 2.05) is 4.57 Å². The minimum atomic E-state index is -0.376. The molecule has 1 fully saturated rings. The molecule has 4 heteroatoms. The van der Waals surface area contributed by atoms with E-state index in [-0.39, 0.29) is 6.23 Å². The number of hydrogen-bond donors (Lipinski definition) is 1. The van der Waals surface area contributed by atoms with Crippen LogP contribution >= 0.6 is 0 Å². The Hall–Kier alpha value is -0.900. The zero-order valence-corrected chi connectivity index (χ0v) is 8.89. The van der Waals surface area contributed by atoms with E-state index in [4.69, 9.17) is 0 Å². The highest BCUT2D eigenvalue weighted by molar-refractivity contribution is 5.06. The van der Waals surface area contributed by atoms with Crippen LogP contribution in [0.3, 0.4) is 0 Å². The first-order valence-electron chi connectivity index (χ1n) is 5.98. The maximum absolute atomic E-state index is 9.97. The Bertz CT molecular complexity index is 355. The summed E-state index contributed by atoms with van der Waals surface area (Å²) >= 11 is 0. The molecule has 0 saturated heterocycles. The minimum Gasteiger partial charge on any atom is -0.373 e. The lowest BCUT2D eigenvalue weighted by Gasteiger charge is -2.22. The summed E-state index contributed by atoms with van der Waals surface area (Å²) in [6.45, 7) is 0. The Morgan fingerprint density at radius 1 is 1.07 bits per heavy atom. The second kappa shape index (κ2) is 3.59. The first kappa shape index (κ1) is 9.33. The summed E-state index contributed by atoms with van der Waals surface area (Å²) in [6.07, 6.45) is 7.49. The van der Waals surface area contributed by atoms with Gasteiger partial charge >= 0.3 is 0 Å². The molecule has 2 aliphatic rings. The SMILES string of the molecule is OC1CCCc2nnc(C3CCCC3)n21. The number of aromatic nitrogens is 3. The molecule has 0 bridgehead atoms. The van der Waals surface area contributed by atoms with Gasteiger partial charge in [-0.3, -0.25) is 4.57 Å². The van der Waals surface area contributed by atoms with Gasteiger partial charge in [0.15, 0.2) is 0 Å². The number of aliphatic hydroxyl groups excluding tert-OH is 1. The largest absolute Gasteiger partial charge is 0.373 e. The Kier molecular flexibility index (Phi) is 2.24. The molecule has 1 atom stereocenters. The third kappa shape index (κ3) is 1.47. The number of nitrogens with zero attached hydrogens (tertiary/aromatic N) is 3. The normalized spacial score (nSPS) is 26.9. The van der Waals surface area contributed by atoms with Crippen LogP contribution in [0.1, 0.15) is 62.3 Å². The van der Waals surface area contributed by atoms with Crippen LogP contribution in [0.5, 0.6) is 0 Å². The van der Waals surface area contributed by atoms with Crippen molar-refractivity contribution in [3.8, 4) is 0 Å². The average Bonchev–Trinajstić information content (AvgIpc) is 2.85. The van der Waals surface area contributed by atoms with Crippen molar-refractivity contribution in [2.75, 3.05) is 0 Å².